The molecule has 0 saturated heterocycles. The predicted molar refractivity (Wildman–Crippen MR) is 93.6 cm³/mol. The maximum Gasteiger partial charge on any atom is 0.258 e. The lowest BCUT2D eigenvalue weighted by molar-refractivity contribution is 0.0988. The van der Waals surface area contributed by atoms with Gasteiger partial charge in [-0.1, -0.05) is 5.16 Å². The Hall–Kier alpha value is -3.22. The number of halogens is 1. The molecule has 1 aromatic heterocycles. The van der Waals surface area contributed by atoms with Crippen molar-refractivity contribution in [2.24, 2.45) is 0 Å². The molecule has 2 aromatic carbocycles. The van der Waals surface area contributed by atoms with E-state index in [-0.39, 0.29) is 18.3 Å². The third kappa shape index (κ3) is 4.05. The molecular weight excluding hydrogens is 337 g/mol. The van der Waals surface area contributed by atoms with E-state index in [2.05, 4.69) is 10.1 Å². The number of ether oxygens (including phenoxy) is 1. The highest BCUT2D eigenvalue weighted by atomic mass is 19.1. The number of hydrogen-bond acceptors (Lipinski definition) is 5. The summed E-state index contributed by atoms with van der Waals surface area (Å²) in [5, 5.41) is 3.75. The number of carbonyl (C=O) groups is 1. The topological polar surface area (TPSA) is 68.5 Å². The van der Waals surface area contributed by atoms with E-state index in [4.69, 9.17) is 9.26 Å². The van der Waals surface area contributed by atoms with Crippen LogP contribution in [-0.2, 0) is 6.61 Å². The number of amides is 1. The minimum absolute atomic E-state index is 0.167. The first-order valence-corrected chi connectivity index (χ1v) is 8.16. The molecule has 3 aromatic rings. The van der Waals surface area contributed by atoms with E-state index >= 15 is 0 Å². The first-order chi connectivity index (χ1) is 12.6. The Balaban J connectivity index is 1.68. The average molecular weight is 355 g/mol. The molecule has 1 heterocycles. The van der Waals surface area contributed by atoms with Crippen molar-refractivity contribution in [2.75, 3.05) is 11.4 Å². The zero-order valence-electron chi connectivity index (χ0n) is 14.5. The highest BCUT2D eigenvalue weighted by molar-refractivity contribution is 6.06. The van der Waals surface area contributed by atoms with Gasteiger partial charge in [-0.2, -0.15) is 4.98 Å². The average Bonchev–Trinajstić information content (AvgIpc) is 3.08. The van der Waals surface area contributed by atoms with Crippen molar-refractivity contribution in [1.82, 2.24) is 10.1 Å². The molecule has 0 bridgehead atoms. The van der Waals surface area contributed by atoms with Crippen LogP contribution in [0.5, 0.6) is 5.75 Å². The Morgan fingerprint density at radius 3 is 2.42 bits per heavy atom. The van der Waals surface area contributed by atoms with Gasteiger partial charge >= 0.3 is 0 Å². The molecule has 0 fully saturated rings. The number of aromatic nitrogens is 2. The smallest absolute Gasteiger partial charge is 0.258 e. The fourth-order valence-corrected chi connectivity index (χ4v) is 2.46. The van der Waals surface area contributed by atoms with Gasteiger partial charge in [0.2, 0.25) is 11.7 Å². The van der Waals surface area contributed by atoms with Crippen molar-refractivity contribution in [3.63, 3.8) is 0 Å². The molecule has 134 valence electrons. The summed E-state index contributed by atoms with van der Waals surface area (Å²) in [4.78, 5) is 18.3. The predicted octanol–water partition coefficient (Wildman–Crippen LogP) is 3.76. The van der Waals surface area contributed by atoms with E-state index in [9.17, 15) is 9.18 Å². The van der Waals surface area contributed by atoms with Gasteiger partial charge < -0.3 is 14.2 Å². The summed E-state index contributed by atoms with van der Waals surface area (Å²) >= 11 is 0. The quantitative estimate of drug-likeness (QED) is 0.673. The SMILES string of the molecule is CCN(C(=O)c1ccc(OCc2noc(C)n2)cc1)c1ccc(F)cc1. The van der Waals surface area contributed by atoms with E-state index in [0.717, 1.165) is 0 Å². The maximum atomic E-state index is 13.1. The van der Waals surface area contributed by atoms with Crippen LogP contribution in [0.15, 0.2) is 53.1 Å². The Labute approximate surface area is 150 Å². The van der Waals surface area contributed by atoms with Crippen molar-refractivity contribution in [3.8, 4) is 5.75 Å². The van der Waals surface area contributed by atoms with Gasteiger partial charge in [0.05, 0.1) is 0 Å². The number of carbonyl (C=O) groups excluding carboxylic acids is 1. The number of anilines is 1. The summed E-state index contributed by atoms with van der Waals surface area (Å²) in [7, 11) is 0. The normalized spacial score (nSPS) is 10.6. The van der Waals surface area contributed by atoms with Crippen LogP contribution in [0.25, 0.3) is 0 Å². The lowest BCUT2D eigenvalue weighted by Crippen LogP contribution is -2.30. The maximum absolute atomic E-state index is 13.1. The molecule has 3 rings (SSSR count). The van der Waals surface area contributed by atoms with Crippen LogP contribution in [0.1, 0.15) is 29.0 Å². The second-order valence-electron chi connectivity index (χ2n) is 5.57. The van der Waals surface area contributed by atoms with E-state index in [0.29, 0.717) is 35.3 Å². The standard InChI is InChI=1S/C19H18FN3O3/c1-3-23(16-8-6-15(20)7-9-16)19(24)14-4-10-17(11-5-14)25-12-18-21-13(2)26-22-18/h4-11H,3,12H2,1-2H3. The van der Waals surface area contributed by atoms with Gasteiger partial charge in [0.1, 0.15) is 11.6 Å². The van der Waals surface area contributed by atoms with Gasteiger partial charge in [0.25, 0.3) is 5.91 Å². The summed E-state index contributed by atoms with van der Waals surface area (Å²) < 4.78 is 23.5. The van der Waals surface area contributed by atoms with E-state index in [1.165, 1.54) is 12.1 Å². The molecule has 0 N–H and O–H groups in total. The molecule has 1 amide bonds. The van der Waals surface area contributed by atoms with Crippen molar-refractivity contribution >= 4 is 11.6 Å². The summed E-state index contributed by atoms with van der Waals surface area (Å²) in [5.41, 5.74) is 1.16. The summed E-state index contributed by atoms with van der Waals surface area (Å²) in [6, 6.07) is 12.6. The van der Waals surface area contributed by atoms with Crippen LogP contribution in [0.2, 0.25) is 0 Å². The van der Waals surface area contributed by atoms with Gasteiger partial charge in [-0.25, -0.2) is 4.39 Å². The van der Waals surface area contributed by atoms with Crippen molar-refractivity contribution in [1.29, 1.82) is 0 Å². The van der Waals surface area contributed by atoms with Gasteiger partial charge in [-0.05, 0) is 55.5 Å². The van der Waals surface area contributed by atoms with Crippen LogP contribution >= 0.6 is 0 Å². The molecule has 0 unspecified atom stereocenters. The molecular formula is C19H18FN3O3. The Morgan fingerprint density at radius 1 is 1.15 bits per heavy atom. The Bertz CT molecular complexity index is 876. The molecule has 26 heavy (non-hydrogen) atoms. The van der Waals surface area contributed by atoms with E-state index in [1.54, 1.807) is 48.2 Å². The molecule has 0 aliphatic rings. The minimum Gasteiger partial charge on any atom is -0.485 e. The molecule has 7 heteroatoms. The molecule has 0 aliphatic carbocycles. The Morgan fingerprint density at radius 2 is 1.85 bits per heavy atom. The highest BCUT2D eigenvalue weighted by Gasteiger charge is 2.16. The van der Waals surface area contributed by atoms with Gasteiger partial charge in [-0.3, -0.25) is 4.79 Å². The van der Waals surface area contributed by atoms with Crippen molar-refractivity contribution in [2.45, 2.75) is 20.5 Å². The van der Waals surface area contributed by atoms with Crippen LogP contribution in [0, 0.1) is 12.7 Å². The minimum atomic E-state index is -0.337. The summed E-state index contributed by atoms with van der Waals surface area (Å²) in [6.07, 6.45) is 0. The third-order valence-electron chi connectivity index (χ3n) is 3.74. The fourth-order valence-electron chi connectivity index (χ4n) is 2.46. The zero-order chi connectivity index (χ0) is 18.5. The Kier molecular flexibility index (Phi) is 5.26. The fraction of sp³-hybridized carbons (Fsp3) is 0.211. The summed E-state index contributed by atoms with van der Waals surface area (Å²) in [6.45, 7) is 4.23. The van der Waals surface area contributed by atoms with Gasteiger partial charge in [0.15, 0.2) is 6.61 Å². The molecule has 0 saturated carbocycles. The van der Waals surface area contributed by atoms with Crippen LogP contribution in [0.4, 0.5) is 10.1 Å². The third-order valence-corrected chi connectivity index (χ3v) is 3.74. The lowest BCUT2D eigenvalue weighted by Gasteiger charge is -2.21. The van der Waals surface area contributed by atoms with Gasteiger partial charge in [0, 0.05) is 24.7 Å². The molecule has 6 nitrogen and oxygen atoms in total. The summed E-state index contributed by atoms with van der Waals surface area (Å²) in [5.74, 6) is 1.02. The van der Waals surface area contributed by atoms with Crippen molar-refractivity contribution in [3.05, 3.63) is 71.6 Å². The highest BCUT2D eigenvalue weighted by Crippen LogP contribution is 2.20. The molecule has 0 spiro atoms. The monoisotopic (exact) mass is 355 g/mol. The van der Waals surface area contributed by atoms with Crippen LogP contribution in [-0.4, -0.2) is 22.6 Å². The first-order valence-electron chi connectivity index (χ1n) is 8.16. The van der Waals surface area contributed by atoms with Crippen LogP contribution in [0.3, 0.4) is 0 Å². The van der Waals surface area contributed by atoms with Crippen molar-refractivity contribution < 1.29 is 18.4 Å². The van der Waals surface area contributed by atoms with Gasteiger partial charge in [-0.15, -0.1) is 0 Å². The number of aryl methyl sites for hydroxylation is 1. The molecule has 0 atom stereocenters. The van der Waals surface area contributed by atoms with E-state index < -0.39 is 0 Å². The zero-order valence-corrected chi connectivity index (χ0v) is 14.5. The van der Waals surface area contributed by atoms with E-state index in [1.807, 2.05) is 6.92 Å². The number of benzene rings is 2. The second kappa shape index (κ2) is 7.77. The van der Waals surface area contributed by atoms with Crippen LogP contribution < -0.4 is 9.64 Å². The molecule has 0 radical (unpaired) electrons. The largest absolute Gasteiger partial charge is 0.485 e. The second-order valence-corrected chi connectivity index (χ2v) is 5.57. The number of rotatable bonds is 6. The number of nitrogens with zero attached hydrogens (tertiary/aromatic N) is 3. The first kappa shape index (κ1) is 17.6. The molecule has 0 aliphatic heterocycles. The lowest BCUT2D eigenvalue weighted by atomic mass is 10.1. The number of hydrogen-bond donors (Lipinski definition) is 0.